The zero-order valence-electron chi connectivity index (χ0n) is 8.66. The third kappa shape index (κ3) is 2.43. The molecule has 1 unspecified atom stereocenters. The lowest BCUT2D eigenvalue weighted by atomic mass is 10.4. The summed E-state index contributed by atoms with van der Waals surface area (Å²) in [5.74, 6) is -0.855. The third-order valence-electron chi connectivity index (χ3n) is 2.11. The van der Waals surface area contributed by atoms with Crippen molar-refractivity contribution in [2.45, 2.75) is 6.17 Å². The van der Waals surface area contributed by atoms with Gasteiger partial charge in [0.25, 0.3) is 5.91 Å². The fourth-order valence-electron chi connectivity index (χ4n) is 1.37. The third-order valence-corrected chi connectivity index (χ3v) is 2.11. The van der Waals surface area contributed by atoms with Gasteiger partial charge in [0.2, 0.25) is 0 Å². The van der Waals surface area contributed by atoms with Crippen LogP contribution in [0, 0.1) is 0 Å². The number of rotatable bonds is 4. The van der Waals surface area contributed by atoms with Crippen LogP contribution in [-0.2, 0) is 4.79 Å². The monoisotopic (exact) mass is 248 g/mol. The number of nitrogens with zero attached hydrogens (tertiary/aromatic N) is 2. The summed E-state index contributed by atoms with van der Waals surface area (Å²) in [5, 5.41) is 30.2. The maximum atomic E-state index is 11.4. The summed E-state index contributed by atoms with van der Waals surface area (Å²) in [6.07, 6.45) is -1.45. The molecule has 1 aliphatic rings. The molecule has 1 atom stereocenters. The minimum Gasteiger partial charge on any atom is -0.376 e. The number of urea groups is 2. The maximum Gasteiger partial charge on any atom is 0.328 e. The minimum atomic E-state index is -1.45. The Morgan fingerprint density at radius 2 is 2.06 bits per heavy atom. The van der Waals surface area contributed by atoms with Crippen molar-refractivity contribution in [2.75, 3.05) is 20.2 Å². The Morgan fingerprint density at radius 3 is 2.53 bits per heavy atom. The number of imide groups is 1. The van der Waals surface area contributed by atoms with Crippen molar-refractivity contribution in [3.05, 3.63) is 0 Å². The maximum absolute atomic E-state index is 11.4. The molecule has 0 aromatic rings. The lowest BCUT2D eigenvalue weighted by molar-refractivity contribution is -0.128. The van der Waals surface area contributed by atoms with Crippen LogP contribution < -0.4 is 10.6 Å². The Balaban J connectivity index is 2.90. The fourth-order valence-corrected chi connectivity index (χ4v) is 1.37. The van der Waals surface area contributed by atoms with E-state index in [0.717, 1.165) is 0 Å². The number of aliphatic hydroxyl groups is 3. The van der Waals surface area contributed by atoms with Crippen LogP contribution in [0.15, 0.2) is 0 Å². The van der Waals surface area contributed by atoms with Crippen LogP contribution >= 0.6 is 0 Å². The van der Waals surface area contributed by atoms with Crippen molar-refractivity contribution < 1.29 is 29.7 Å². The van der Waals surface area contributed by atoms with Crippen molar-refractivity contribution in [1.29, 1.82) is 0 Å². The van der Waals surface area contributed by atoms with Gasteiger partial charge in [-0.3, -0.25) is 19.9 Å². The number of amides is 5. The summed E-state index contributed by atoms with van der Waals surface area (Å²) in [6.45, 7) is -2.37. The second kappa shape index (κ2) is 5.43. The van der Waals surface area contributed by atoms with Gasteiger partial charge in [-0.15, -0.1) is 0 Å². The standard InChI is InChI=1S/C7H12N4O6/c12-1-8-6(16)10(2-13)5-4(15)9-7(17)11(5)3-14/h5,12-14H,1-3H2,(H,8,16)(H,9,15,17). The van der Waals surface area contributed by atoms with E-state index in [4.69, 9.17) is 15.3 Å². The molecule has 10 heteroatoms. The first-order valence-corrected chi connectivity index (χ1v) is 4.55. The van der Waals surface area contributed by atoms with E-state index in [0.29, 0.717) is 9.80 Å². The lowest BCUT2D eigenvalue weighted by Gasteiger charge is -2.29. The first-order valence-electron chi connectivity index (χ1n) is 4.55. The van der Waals surface area contributed by atoms with Crippen LogP contribution in [0.4, 0.5) is 9.59 Å². The molecule has 17 heavy (non-hydrogen) atoms. The zero-order valence-corrected chi connectivity index (χ0v) is 8.66. The summed E-state index contributed by atoms with van der Waals surface area (Å²) >= 11 is 0. The highest BCUT2D eigenvalue weighted by Crippen LogP contribution is 2.12. The predicted octanol–water partition coefficient (Wildman–Crippen LogP) is -3.27. The van der Waals surface area contributed by atoms with Gasteiger partial charge >= 0.3 is 12.1 Å². The predicted molar refractivity (Wildman–Crippen MR) is 50.8 cm³/mol. The minimum absolute atomic E-state index is 0.576. The smallest absolute Gasteiger partial charge is 0.328 e. The van der Waals surface area contributed by atoms with Crippen LogP contribution in [0.2, 0.25) is 0 Å². The van der Waals surface area contributed by atoms with E-state index in [9.17, 15) is 14.4 Å². The summed E-state index contributed by atoms with van der Waals surface area (Å²) in [7, 11) is 0. The molecule has 0 radical (unpaired) electrons. The van der Waals surface area contributed by atoms with Gasteiger partial charge in [0.1, 0.15) is 20.2 Å². The van der Waals surface area contributed by atoms with Crippen LogP contribution in [0.25, 0.3) is 0 Å². The molecule has 0 spiro atoms. The van der Waals surface area contributed by atoms with Gasteiger partial charge in [-0.2, -0.15) is 0 Å². The van der Waals surface area contributed by atoms with E-state index in [1.54, 1.807) is 0 Å². The van der Waals surface area contributed by atoms with Crippen LogP contribution in [0.3, 0.4) is 0 Å². The van der Waals surface area contributed by atoms with Crippen molar-refractivity contribution in [3.63, 3.8) is 0 Å². The van der Waals surface area contributed by atoms with Crippen LogP contribution in [-0.4, -0.2) is 69.4 Å². The quantitative estimate of drug-likeness (QED) is 0.261. The molecule has 1 aliphatic heterocycles. The summed E-state index contributed by atoms with van der Waals surface area (Å²) < 4.78 is 0. The Bertz CT molecular complexity index is 334. The number of hydrogen-bond donors (Lipinski definition) is 5. The van der Waals surface area contributed by atoms with Gasteiger partial charge in [0.15, 0.2) is 6.17 Å². The first kappa shape index (κ1) is 13.2. The van der Waals surface area contributed by atoms with E-state index in [1.807, 2.05) is 10.6 Å². The number of carbonyl (C=O) groups excluding carboxylic acids is 3. The molecular formula is C7H12N4O6. The molecular weight excluding hydrogens is 236 g/mol. The van der Waals surface area contributed by atoms with Gasteiger partial charge in [0.05, 0.1) is 0 Å². The van der Waals surface area contributed by atoms with Crippen LogP contribution in [0.1, 0.15) is 0 Å². The SMILES string of the molecule is O=C1NC(=O)N(CO)C1N(CO)C(=O)NCO. The molecule has 0 aliphatic carbocycles. The van der Waals surface area contributed by atoms with Crippen LogP contribution in [0.5, 0.6) is 0 Å². The highest BCUT2D eigenvalue weighted by molar-refractivity contribution is 6.05. The van der Waals surface area contributed by atoms with E-state index in [1.165, 1.54) is 0 Å². The van der Waals surface area contributed by atoms with Gasteiger partial charge in [-0.25, -0.2) is 9.59 Å². The van der Waals surface area contributed by atoms with E-state index < -0.39 is 44.3 Å². The second-order valence-corrected chi connectivity index (χ2v) is 3.03. The largest absolute Gasteiger partial charge is 0.376 e. The molecule has 1 fully saturated rings. The molecule has 10 nitrogen and oxygen atoms in total. The van der Waals surface area contributed by atoms with E-state index >= 15 is 0 Å². The van der Waals surface area contributed by atoms with Gasteiger partial charge in [-0.1, -0.05) is 0 Å². The average Bonchev–Trinajstić information content (AvgIpc) is 2.55. The van der Waals surface area contributed by atoms with Gasteiger partial charge < -0.3 is 20.6 Å². The number of carbonyl (C=O) groups is 3. The number of aliphatic hydroxyl groups excluding tert-OH is 3. The van der Waals surface area contributed by atoms with Crippen molar-refractivity contribution in [2.24, 2.45) is 0 Å². The Labute approximate surface area is 95.4 Å². The molecule has 0 bridgehead atoms. The molecule has 5 N–H and O–H groups in total. The molecule has 0 saturated carbocycles. The average molecular weight is 248 g/mol. The van der Waals surface area contributed by atoms with E-state index in [-0.39, 0.29) is 0 Å². The number of hydrogen-bond acceptors (Lipinski definition) is 6. The Morgan fingerprint density at radius 1 is 1.41 bits per heavy atom. The molecule has 5 amide bonds. The van der Waals surface area contributed by atoms with Crippen molar-refractivity contribution in [1.82, 2.24) is 20.4 Å². The second-order valence-electron chi connectivity index (χ2n) is 3.03. The van der Waals surface area contributed by atoms with Crippen molar-refractivity contribution >= 4 is 18.0 Å². The molecule has 1 heterocycles. The van der Waals surface area contributed by atoms with Gasteiger partial charge in [-0.05, 0) is 0 Å². The first-order chi connectivity index (χ1) is 8.06. The molecule has 0 aromatic heterocycles. The molecule has 0 aromatic carbocycles. The zero-order chi connectivity index (χ0) is 13.0. The highest BCUT2D eigenvalue weighted by Gasteiger charge is 2.43. The molecule has 96 valence electrons. The topological polar surface area (TPSA) is 142 Å². The van der Waals surface area contributed by atoms with Gasteiger partial charge in [0, 0.05) is 0 Å². The van der Waals surface area contributed by atoms with Crippen molar-refractivity contribution in [3.8, 4) is 0 Å². The molecule has 1 saturated heterocycles. The highest BCUT2D eigenvalue weighted by atomic mass is 16.3. The normalized spacial score (nSPS) is 19.2. The Hall–Kier alpha value is -1.91. The van der Waals surface area contributed by atoms with E-state index in [2.05, 4.69) is 0 Å². The summed E-state index contributed by atoms with van der Waals surface area (Å²) in [5.41, 5.74) is 0. The Kier molecular flexibility index (Phi) is 4.20. The lowest BCUT2D eigenvalue weighted by Crippen LogP contribution is -2.55. The summed E-state index contributed by atoms with van der Waals surface area (Å²) in [6, 6.07) is -1.83. The molecule has 1 rings (SSSR count). The number of nitrogens with one attached hydrogen (secondary N) is 2. The summed E-state index contributed by atoms with van der Waals surface area (Å²) in [4.78, 5) is 35.1. The fraction of sp³-hybridized carbons (Fsp3) is 0.571.